The molecular weight excluding hydrogens is 534 g/mol. The highest BCUT2D eigenvalue weighted by Gasteiger charge is 2.70. The number of aliphatic hydroxyl groups is 2. The zero-order valence-electron chi connectivity index (χ0n) is 27.5. The predicted octanol–water partition coefficient (Wildman–Crippen LogP) is 7.50. The van der Waals surface area contributed by atoms with Gasteiger partial charge in [-0.1, -0.05) is 47.3 Å². The second kappa shape index (κ2) is 10.2. The second-order valence-corrected chi connectivity index (χ2v) is 17.2. The molecule has 7 rings (SSSR count). The van der Waals surface area contributed by atoms with E-state index in [2.05, 4.69) is 58.6 Å². The summed E-state index contributed by atoms with van der Waals surface area (Å²) in [6.07, 6.45) is 12.3. The highest BCUT2D eigenvalue weighted by molar-refractivity contribution is 5.44. The monoisotopic (exact) mass is 591 g/mol. The minimum absolute atomic E-state index is 0.0287. The second-order valence-electron chi connectivity index (χ2n) is 17.2. The molecule has 0 bridgehead atoms. The smallest absolute Gasteiger partial charge is 0.231 e. The molecule has 5 nitrogen and oxygen atoms in total. The zero-order chi connectivity index (χ0) is 30.4. The number of hydrogen-bond acceptors (Lipinski definition) is 5. The zero-order valence-corrected chi connectivity index (χ0v) is 27.5. The average Bonchev–Trinajstić information content (AvgIpc) is 3.61. The number of fused-ring (bicyclic) bond motifs is 8. The molecule has 0 amide bonds. The number of ether oxygens (including phenoxy) is 2. The predicted molar refractivity (Wildman–Crippen MR) is 171 cm³/mol. The Morgan fingerprint density at radius 2 is 1.65 bits per heavy atom. The third-order valence-electron chi connectivity index (χ3n) is 15.7. The van der Waals surface area contributed by atoms with E-state index in [4.69, 9.17) is 9.47 Å². The van der Waals surface area contributed by atoms with Gasteiger partial charge in [0.15, 0.2) is 11.5 Å². The molecule has 1 aromatic rings. The van der Waals surface area contributed by atoms with E-state index >= 15 is 0 Å². The van der Waals surface area contributed by atoms with Crippen LogP contribution >= 0.6 is 0 Å². The van der Waals surface area contributed by atoms with E-state index in [-0.39, 0.29) is 22.9 Å². The summed E-state index contributed by atoms with van der Waals surface area (Å²) in [7, 11) is 0. The van der Waals surface area contributed by atoms with Gasteiger partial charge in [0, 0.05) is 19.2 Å². The SMILES string of the molecule is C=C(CO)[C@@H]1CC[C@]2(CO)CC[C@]3(C)[C@H](CC[C@@H]4[C@@]5(C)CC[C@H](NCc6ccc7c(c6)OCO7)C(C)(C)[C@@H]5CC[C@]43C)[C@@H]12. The standard InChI is InChI=1S/C38H57NO4/c1-24(21-40)26-11-16-38(22-41)18-17-36(5)27(33(26)38)8-10-31-35(4)14-13-32(34(2,3)30(35)12-15-37(31,36)6)39-20-25-7-9-28-29(19-25)43-23-42-28/h7,9,19,26-27,30-33,39-41H,1,8,10-18,20-23H2,2-6H3/t26-,27+,30-,31+,32-,33+,35-,36+,37+,38+/m0/s1. The Morgan fingerprint density at radius 3 is 2.42 bits per heavy atom. The molecule has 43 heavy (non-hydrogen) atoms. The lowest BCUT2D eigenvalue weighted by Gasteiger charge is -2.73. The van der Waals surface area contributed by atoms with Crippen molar-refractivity contribution in [2.75, 3.05) is 20.0 Å². The van der Waals surface area contributed by atoms with Crippen LogP contribution in [0.25, 0.3) is 0 Å². The van der Waals surface area contributed by atoms with Gasteiger partial charge in [0.05, 0.1) is 6.61 Å². The normalized spacial score (nSPS) is 45.9. The Labute approximate surface area is 260 Å². The van der Waals surface area contributed by atoms with Crippen LogP contribution in [0.3, 0.4) is 0 Å². The highest BCUT2D eigenvalue weighted by Crippen LogP contribution is 2.77. The van der Waals surface area contributed by atoms with Crippen molar-refractivity contribution >= 4 is 0 Å². The van der Waals surface area contributed by atoms with Crippen LogP contribution < -0.4 is 14.8 Å². The summed E-state index contributed by atoms with van der Waals surface area (Å²) in [6.45, 7) is 19.1. The molecule has 10 atom stereocenters. The Balaban J connectivity index is 1.13. The van der Waals surface area contributed by atoms with Crippen LogP contribution in [-0.2, 0) is 6.54 Å². The van der Waals surface area contributed by atoms with Crippen molar-refractivity contribution in [3.8, 4) is 11.5 Å². The molecule has 0 spiro atoms. The van der Waals surface area contributed by atoms with Crippen LogP contribution in [-0.4, -0.2) is 36.3 Å². The molecule has 1 aromatic carbocycles. The van der Waals surface area contributed by atoms with Gasteiger partial charge in [-0.2, -0.15) is 0 Å². The van der Waals surface area contributed by atoms with Crippen LogP contribution in [0, 0.1) is 56.7 Å². The Bertz CT molecular complexity index is 1260. The maximum absolute atomic E-state index is 10.8. The molecule has 0 aromatic heterocycles. The van der Waals surface area contributed by atoms with Gasteiger partial charge < -0.3 is 25.0 Å². The topological polar surface area (TPSA) is 71.0 Å². The van der Waals surface area contributed by atoms with Crippen LogP contribution in [0.15, 0.2) is 30.4 Å². The molecular formula is C38H57NO4. The van der Waals surface area contributed by atoms with E-state index in [0.29, 0.717) is 53.9 Å². The van der Waals surface area contributed by atoms with Gasteiger partial charge >= 0.3 is 0 Å². The molecule has 5 saturated carbocycles. The van der Waals surface area contributed by atoms with Gasteiger partial charge in [-0.15, -0.1) is 0 Å². The van der Waals surface area contributed by atoms with Crippen LogP contribution in [0.1, 0.15) is 104 Å². The van der Waals surface area contributed by atoms with Crippen molar-refractivity contribution < 1.29 is 19.7 Å². The first-order chi connectivity index (χ1) is 20.4. The summed E-state index contributed by atoms with van der Waals surface area (Å²) in [6, 6.07) is 6.85. The van der Waals surface area contributed by atoms with Gasteiger partial charge in [0.1, 0.15) is 0 Å². The van der Waals surface area contributed by atoms with E-state index in [1.807, 2.05) is 6.07 Å². The van der Waals surface area contributed by atoms with Gasteiger partial charge in [-0.3, -0.25) is 0 Å². The fourth-order valence-electron chi connectivity index (χ4n) is 13.2. The summed E-state index contributed by atoms with van der Waals surface area (Å²) >= 11 is 0. The van der Waals surface area contributed by atoms with E-state index in [9.17, 15) is 10.2 Å². The summed E-state index contributed by atoms with van der Waals surface area (Å²) in [5.74, 6) is 4.59. The van der Waals surface area contributed by atoms with Gasteiger partial charge in [0.25, 0.3) is 0 Å². The Kier molecular flexibility index (Phi) is 7.16. The van der Waals surface area contributed by atoms with Crippen molar-refractivity contribution in [3.05, 3.63) is 35.9 Å². The Morgan fingerprint density at radius 1 is 0.860 bits per heavy atom. The van der Waals surface area contributed by atoms with Crippen LogP contribution in [0.5, 0.6) is 11.5 Å². The molecule has 0 unspecified atom stereocenters. The van der Waals surface area contributed by atoms with Crippen molar-refractivity contribution in [2.24, 2.45) is 56.7 Å². The fraction of sp³-hybridized carbons (Fsp3) is 0.789. The van der Waals surface area contributed by atoms with E-state index in [1.165, 1.54) is 50.5 Å². The molecule has 238 valence electrons. The average molecular weight is 592 g/mol. The number of aliphatic hydroxyl groups excluding tert-OH is 2. The van der Waals surface area contributed by atoms with Crippen molar-refractivity contribution in [2.45, 2.75) is 111 Å². The molecule has 1 heterocycles. The van der Waals surface area contributed by atoms with Gasteiger partial charge in [0.2, 0.25) is 6.79 Å². The molecule has 5 heteroatoms. The van der Waals surface area contributed by atoms with Crippen molar-refractivity contribution in [3.63, 3.8) is 0 Å². The maximum Gasteiger partial charge on any atom is 0.231 e. The fourth-order valence-corrected chi connectivity index (χ4v) is 13.2. The summed E-state index contributed by atoms with van der Waals surface area (Å²) in [5.41, 5.74) is 3.44. The largest absolute Gasteiger partial charge is 0.454 e. The molecule has 5 aliphatic carbocycles. The van der Waals surface area contributed by atoms with E-state index in [1.54, 1.807) is 0 Å². The molecule has 0 saturated heterocycles. The van der Waals surface area contributed by atoms with E-state index < -0.39 is 0 Å². The first-order valence-electron chi connectivity index (χ1n) is 17.4. The third kappa shape index (κ3) is 4.12. The molecule has 5 fully saturated rings. The summed E-state index contributed by atoms with van der Waals surface area (Å²) in [4.78, 5) is 0. The lowest BCUT2D eigenvalue weighted by molar-refractivity contribution is -0.241. The van der Waals surface area contributed by atoms with Crippen molar-refractivity contribution in [1.82, 2.24) is 5.32 Å². The minimum atomic E-state index is 0.0287. The van der Waals surface area contributed by atoms with Crippen molar-refractivity contribution in [1.29, 1.82) is 0 Å². The summed E-state index contributed by atoms with van der Waals surface area (Å²) < 4.78 is 11.2. The number of nitrogens with one attached hydrogen (secondary N) is 1. The number of hydrogen-bond donors (Lipinski definition) is 3. The highest BCUT2D eigenvalue weighted by atomic mass is 16.7. The minimum Gasteiger partial charge on any atom is -0.454 e. The van der Waals surface area contributed by atoms with E-state index in [0.717, 1.165) is 48.8 Å². The molecule has 6 aliphatic rings. The lowest BCUT2D eigenvalue weighted by Crippen LogP contribution is -2.67. The first kappa shape index (κ1) is 30.1. The maximum atomic E-state index is 10.8. The van der Waals surface area contributed by atoms with Crippen LogP contribution in [0.2, 0.25) is 0 Å². The van der Waals surface area contributed by atoms with Crippen LogP contribution in [0.4, 0.5) is 0 Å². The third-order valence-corrected chi connectivity index (χ3v) is 15.7. The van der Waals surface area contributed by atoms with Gasteiger partial charge in [-0.05, 0) is 144 Å². The quantitative estimate of drug-likeness (QED) is 0.299. The Hall–Kier alpha value is -1.56. The molecule has 0 radical (unpaired) electrons. The molecule has 3 N–H and O–H groups in total. The number of rotatable bonds is 6. The van der Waals surface area contributed by atoms with Gasteiger partial charge in [-0.25, -0.2) is 0 Å². The number of benzene rings is 1. The summed E-state index contributed by atoms with van der Waals surface area (Å²) in [5, 5.41) is 25.0. The molecule has 1 aliphatic heterocycles. The lowest BCUT2D eigenvalue weighted by atomic mass is 9.32. The first-order valence-corrected chi connectivity index (χ1v) is 17.4.